The molecule has 1 aromatic rings. The van der Waals surface area contributed by atoms with Gasteiger partial charge in [-0.05, 0) is 43.9 Å². The quantitative estimate of drug-likeness (QED) is 0.758. The second kappa shape index (κ2) is 7.33. The van der Waals surface area contributed by atoms with Gasteiger partial charge < -0.3 is 15.2 Å². The number of nitriles is 1. The molecule has 4 nitrogen and oxygen atoms in total. The van der Waals surface area contributed by atoms with Crippen LogP contribution in [0.2, 0.25) is 0 Å². The number of hydrogen-bond acceptors (Lipinski definition) is 4. The van der Waals surface area contributed by atoms with Crippen LogP contribution in [-0.4, -0.2) is 19.8 Å². The minimum atomic E-state index is 0.0784. The monoisotopic (exact) mass is 288 g/mol. The number of rotatable bonds is 9. The summed E-state index contributed by atoms with van der Waals surface area (Å²) in [7, 11) is 0. The van der Waals surface area contributed by atoms with E-state index in [2.05, 4.69) is 13.0 Å². The number of hydrogen-bond donors (Lipinski definition) is 1. The maximum atomic E-state index is 8.88. The van der Waals surface area contributed by atoms with Crippen molar-refractivity contribution in [1.82, 2.24) is 0 Å². The molecule has 1 saturated carbocycles. The van der Waals surface area contributed by atoms with Gasteiger partial charge in [-0.3, -0.25) is 0 Å². The van der Waals surface area contributed by atoms with E-state index in [1.54, 1.807) is 0 Å². The minimum Gasteiger partial charge on any atom is -0.493 e. The third-order valence-corrected chi connectivity index (χ3v) is 3.87. The fourth-order valence-electron chi connectivity index (χ4n) is 2.29. The molecule has 0 aliphatic heterocycles. The van der Waals surface area contributed by atoms with Crippen LogP contribution in [0.25, 0.3) is 0 Å². The van der Waals surface area contributed by atoms with Gasteiger partial charge in [-0.2, -0.15) is 5.26 Å². The molecule has 0 radical (unpaired) electrons. The Hall–Kier alpha value is -1.73. The first-order chi connectivity index (χ1) is 10.2. The van der Waals surface area contributed by atoms with Gasteiger partial charge in [-0.1, -0.05) is 13.0 Å². The van der Waals surface area contributed by atoms with Crippen LogP contribution < -0.4 is 15.2 Å². The van der Waals surface area contributed by atoms with Crippen LogP contribution >= 0.6 is 0 Å². The van der Waals surface area contributed by atoms with E-state index in [-0.39, 0.29) is 5.41 Å². The average molecular weight is 288 g/mol. The van der Waals surface area contributed by atoms with Crippen LogP contribution in [0.3, 0.4) is 0 Å². The van der Waals surface area contributed by atoms with Crippen LogP contribution in [0.15, 0.2) is 18.2 Å². The normalized spacial score (nSPS) is 15.3. The highest BCUT2D eigenvalue weighted by atomic mass is 16.5. The summed E-state index contributed by atoms with van der Waals surface area (Å²) in [6, 6.07) is 8.20. The highest BCUT2D eigenvalue weighted by Gasteiger charge is 2.43. The molecule has 0 atom stereocenters. The summed E-state index contributed by atoms with van der Waals surface area (Å²) in [6.07, 6.45) is 4.50. The van der Waals surface area contributed by atoms with Gasteiger partial charge in [-0.25, -0.2) is 0 Å². The van der Waals surface area contributed by atoms with Gasteiger partial charge in [0, 0.05) is 17.9 Å². The molecule has 1 fully saturated rings. The van der Waals surface area contributed by atoms with Crippen molar-refractivity contribution >= 4 is 0 Å². The van der Waals surface area contributed by atoms with Crippen LogP contribution in [0, 0.1) is 16.7 Å². The Bertz CT molecular complexity index is 504. The van der Waals surface area contributed by atoms with E-state index >= 15 is 0 Å². The fraction of sp³-hybridized carbons (Fsp3) is 0.588. The summed E-state index contributed by atoms with van der Waals surface area (Å²) in [5, 5.41) is 8.88. The molecular weight excluding hydrogens is 264 g/mol. The predicted molar refractivity (Wildman–Crippen MR) is 82.4 cm³/mol. The molecule has 114 valence electrons. The average Bonchev–Trinajstić information content (AvgIpc) is 3.25. The van der Waals surface area contributed by atoms with Gasteiger partial charge in [0.05, 0.1) is 19.3 Å². The van der Waals surface area contributed by atoms with E-state index in [1.807, 2.05) is 18.2 Å². The molecule has 21 heavy (non-hydrogen) atoms. The Kier molecular flexibility index (Phi) is 5.46. The zero-order valence-electron chi connectivity index (χ0n) is 12.7. The molecule has 1 aliphatic rings. The molecular formula is C17H24N2O2. The molecule has 0 unspecified atom stereocenters. The molecule has 4 heteroatoms. The zero-order chi connectivity index (χ0) is 15.1. The van der Waals surface area contributed by atoms with Gasteiger partial charge >= 0.3 is 0 Å². The van der Waals surface area contributed by atoms with Gasteiger partial charge in [0.1, 0.15) is 11.5 Å². The van der Waals surface area contributed by atoms with E-state index in [9.17, 15) is 0 Å². The number of ether oxygens (including phenoxy) is 2. The van der Waals surface area contributed by atoms with Gasteiger partial charge in [-0.15, -0.1) is 0 Å². The third-order valence-electron chi connectivity index (χ3n) is 3.87. The summed E-state index contributed by atoms with van der Waals surface area (Å²) in [5.74, 6) is 1.68. The standard InChI is InChI=1S/C17H24N2O2/c1-2-11-20-15-4-3-14(5-9-18)16(12-15)21-13-17(6-7-17)8-10-19/h3-4,12H,2,5-9,11,13,18H2,1H3. The molecule has 0 amide bonds. The SMILES string of the molecule is CCCOc1ccc(CCN)c(OCC2(CC#N)CC2)c1. The third kappa shape index (κ3) is 4.37. The Balaban J connectivity index is 2.05. The van der Waals surface area contributed by atoms with E-state index in [1.165, 1.54) is 0 Å². The second-order valence-corrected chi connectivity index (χ2v) is 5.78. The van der Waals surface area contributed by atoms with Crippen molar-refractivity contribution in [3.05, 3.63) is 23.8 Å². The lowest BCUT2D eigenvalue weighted by Crippen LogP contribution is -2.14. The first kappa shape index (κ1) is 15.7. The number of nitrogens with zero attached hydrogens (tertiary/aromatic N) is 1. The van der Waals surface area contributed by atoms with Crippen LogP contribution in [0.5, 0.6) is 11.5 Å². The molecule has 1 aromatic carbocycles. The van der Waals surface area contributed by atoms with Crippen molar-refractivity contribution in [2.75, 3.05) is 19.8 Å². The molecule has 0 aromatic heterocycles. The van der Waals surface area contributed by atoms with E-state index in [0.29, 0.717) is 26.2 Å². The molecule has 2 rings (SSSR count). The zero-order valence-corrected chi connectivity index (χ0v) is 12.7. The van der Waals surface area contributed by atoms with Crippen LogP contribution in [0.4, 0.5) is 0 Å². The van der Waals surface area contributed by atoms with Crippen LogP contribution in [-0.2, 0) is 6.42 Å². The van der Waals surface area contributed by atoms with Crippen molar-refractivity contribution in [2.24, 2.45) is 11.1 Å². The van der Waals surface area contributed by atoms with Gasteiger partial charge in [0.2, 0.25) is 0 Å². The first-order valence-corrected chi connectivity index (χ1v) is 7.68. The Morgan fingerprint density at radius 3 is 2.76 bits per heavy atom. The molecule has 0 bridgehead atoms. The Morgan fingerprint density at radius 2 is 2.14 bits per heavy atom. The number of nitrogens with two attached hydrogens (primary N) is 1. The van der Waals surface area contributed by atoms with E-state index in [4.69, 9.17) is 20.5 Å². The molecule has 0 spiro atoms. The highest BCUT2D eigenvalue weighted by molar-refractivity contribution is 5.41. The summed E-state index contributed by atoms with van der Waals surface area (Å²) < 4.78 is 11.7. The summed E-state index contributed by atoms with van der Waals surface area (Å²) in [6.45, 7) is 3.98. The predicted octanol–water partition coefficient (Wildman–Crippen LogP) is 3.05. The minimum absolute atomic E-state index is 0.0784. The molecule has 0 heterocycles. The molecule has 2 N–H and O–H groups in total. The van der Waals surface area contributed by atoms with Crippen molar-refractivity contribution in [3.63, 3.8) is 0 Å². The maximum Gasteiger partial charge on any atom is 0.126 e. The Labute approximate surface area is 126 Å². The van der Waals surface area contributed by atoms with E-state index in [0.717, 1.165) is 42.7 Å². The van der Waals surface area contributed by atoms with Crippen molar-refractivity contribution in [1.29, 1.82) is 5.26 Å². The number of benzene rings is 1. The summed E-state index contributed by atoms with van der Waals surface area (Å²) in [4.78, 5) is 0. The highest BCUT2D eigenvalue weighted by Crippen LogP contribution is 2.49. The van der Waals surface area contributed by atoms with Crippen LogP contribution in [0.1, 0.15) is 38.2 Å². The summed E-state index contributed by atoms with van der Waals surface area (Å²) >= 11 is 0. The second-order valence-electron chi connectivity index (χ2n) is 5.78. The van der Waals surface area contributed by atoms with Gasteiger partial charge in [0.25, 0.3) is 0 Å². The topological polar surface area (TPSA) is 68.3 Å². The van der Waals surface area contributed by atoms with E-state index < -0.39 is 0 Å². The lowest BCUT2D eigenvalue weighted by molar-refractivity contribution is 0.233. The van der Waals surface area contributed by atoms with Crippen molar-refractivity contribution in [3.8, 4) is 17.6 Å². The first-order valence-electron chi connectivity index (χ1n) is 7.68. The molecule has 0 saturated heterocycles. The maximum absolute atomic E-state index is 8.88. The summed E-state index contributed by atoms with van der Waals surface area (Å²) in [5.41, 5.74) is 6.84. The lowest BCUT2D eigenvalue weighted by atomic mass is 10.1. The van der Waals surface area contributed by atoms with Crippen molar-refractivity contribution in [2.45, 2.75) is 39.0 Å². The smallest absolute Gasteiger partial charge is 0.126 e. The van der Waals surface area contributed by atoms with Gasteiger partial charge in [0.15, 0.2) is 0 Å². The largest absolute Gasteiger partial charge is 0.493 e. The Morgan fingerprint density at radius 1 is 1.33 bits per heavy atom. The molecule has 1 aliphatic carbocycles. The lowest BCUT2D eigenvalue weighted by Gasteiger charge is -2.17. The fourth-order valence-corrected chi connectivity index (χ4v) is 2.29. The van der Waals surface area contributed by atoms with Crippen molar-refractivity contribution < 1.29 is 9.47 Å².